The Morgan fingerprint density at radius 3 is 1.46 bits per heavy atom. The second-order valence-electron chi connectivity index (χ2n) is 20.4. The molecule has 0 aromatic heterocycles. The highest BCUT2D eigenvalue weighted by Crippen LogP contribution is 2.54. The molecule has 0 fully saturated rings. The standard InChI is InChI=1S/C56H53BN2/c1-53(2)34-54(3,4)43-31-41(27-28-42(43)53)59-50-21-15-20-49-52(50)57(47-32-44-45(33-51(47)59)56(7,8)35-55(44,5)6)46-30-39(37-18-13-10-14-19-37)24-29-48(46)58(49)40-25-22-38(23-26-40)36-16-11-9-12-17-36/h9-33H,34-35H2,1-8H3. The van der Waals surface area contributed by atoms with Crippen molar-refractivity contribution in [1.29, 1.82) is 0 Å². The second-order valence-corrected chi connectivity index (χ2v) is 20.4. The summed E-state index contributed by atoms with van der Waals surface area (Å²) in [6.45, 7) is 19.6. The maximum atomic E-state index is 2.64. The molecule has 0 unspecified atom stereocenters. The summed E-state index contributed by atoms with van der Waals surface area (Å²) in [5.74, 6) is 0. The van der Waals surface area contributed by atoms with Crippen molar-refractivity contribution in [3.63, 3.8) is 0 Å². The molecule has 2 heterocycles. The minimum Gasteiger partial charge on any atom is -0.311 e. The summed E-state index contributed by atoms with van der Waals surface area (Å²) in [7, 11) is 0. The zero-order valence-corrected chi connectivity index (χ0v) is 35.8. The van der Waals surface area contributed by atoms with Gasteiger partial charge in [-0.3, -0.25) is 0 Å². The highest BCUT2D eigenvalue weighted by atomic mass is 15.2. The fourth-order valence-corrected chi connectivity index (χ4v) is 12.3. The van der Waals surface area contributed by atoms with Crippen LogP contribution in [0, 0.1) is 0 Å². The van der Waals surface area contributed by atoms with Gasteiger partial charge in [-0.15, -0.1) is 0 Å². The van der Waals surface area contributed by atoms with E-state index in [1.807, 2.05) is 0 Å². The first kappa shape index (κ1) is 36.3. The predicted octanol–water partition coefficient (Wildman–Crippen LogP) is 13.0. The molecule has 290 valence electrons. The van der Waals surface area contributed by atoms with Gasteiger partial charge in [-0.2, -0.15) is 0 Å². The minimum atomic E-state index is 0.0561. The first-order chi connectivity index (χ1) is 28.2. The van der Waals surface area contributed by atoms with Gasteiger partial charge in [-0.1, -0.05) is 159 Å². The number of hydrogen-bond acceptors (Lipinski definition) is 2. The molecule has 0 bridgehead atoms. The number of rotatable bonds is 4. The third-order valence-electron chi connectivity index (χ3n) is 14.4. The van der Waals surface area contributed by atoms with Crippen molar-refractivity contribution in [3.8, 4) is 22.3 Å². The van der Waals surface area contributed by atoms with E-state index in [1.165, 1.54) is 95.0 Å². The average Bonchev–Trinajstić information content (AvgIpc) is 3.54. The smallest absolute Gasteiger partial charge is 0.252 e. The third-order valence-corrected chi connectivity index (χ3v) is 14.4. The van der Waals surface area contributed by atoms with E-state index in [1.54, 1.807) is 0 Å². The Morgan fingerprint density at radius 1 is 0.356 bits per heavy atom. The number of anilines is 6. The van der Waals surface area contributed by atoms with Gasteiger partial charge in [-0.05, 0) is 144 Å². The molecule has 0 amide bonds. The molecule has 3 heteroatoms. The lowest BCUT2D eigenvalue weighted by molar-refractivity contribution is 0.403. The Labute approximate surface area is 351 Å². The predicted molar refractivity (Wildman–Crippen MR) is 253 cm³/mol. The van der Waals surface area contributed by atoms with Crippen LogP contribution in [0.4, 0.5) is 34.1 Å². The lowest BCUT2D eigenvalue weighted by Crippen LogP contribution is -2.61. The Kier molecular flexibility index (Phi) is 7.61. The molecule has 0 saturated heterocycles. The van der Waals surface area contributed by atoms with Gasteiger partial charge in [0.15, 0.2) is 0 Å². The average molecular weight is 765 g/mol. The molecule has 2 nitrogen and oxygen atoms in total. The van der Waals surface area contributed by atoms with E-state index in [4.69, 9.17) is 0 Å². The molecule has 0 atom stereocenters. The van der Waals surface area contributed by atoms with Crippen molar-refractivity contribution in [3.05, 3.63) is 174 Å². The van der Waals surface area contributed by atoms with Crippen LogP contribution in [0.1, 0.15) is 90.5 Å². The molecule has 7 aromatic rings. The maximum absolute atomic E-state index is 2.64. The van der Waals surface area contributed by atoms with E-state index < -0.39 is 0 Å². The molecule has 4 aliphatic rings. The van der Waals surface area contributed by atoms with Crippen molar-refractivity contribution in [2.75, 3.05) is 9.80 Å². The lowest BCUT2D eigenvalue weighted by atomic mass is 9.33. The van der Waals surface area contributed by atoms with Gasteiger partial charge in [0.2, 0.25) is 0 Å². The molecule has 2 aliphatic carbocycles. The topological polar surface area (TPSA) is 6.48 Å². The molecular formula is C56H53BN2. The number of benzene rings is 7. The first-order valence-electron chi connectivity index (χ1n) is 21.6. The van der Waals surface area contributed by atoms with Gasteiger partial charge in [0, 0.05) is 34.1 Å². The molecule has 0 spiro atoms. The first-order valence-corrected chi connectivity index (χ1v) is 21.6. The van der Waals surface area contributed by atoms with Crippen LogP contribution in [0.15, 0.2) is 152 Å². The highest BCUT2D eigenvalue weighted by Gasteiger charge is 2.49. The monoisotopic (exact) mass is 764 g/mol. The van der Waals surface area contributed by atoms with E-state index in [2.05, 4.69) is 217 Å². The highest BCUT2D eigenvalue weighted by molar-refractivity contribution is 7.00. The Hall–Kier alpha value is -5.80. The van der Waals surface area contributed by atoms with E-state index in [0.29, 0.717) is 0 Å². The second kappa shape index (κ2) is 12.4. The van der Waals surface area contributed by atoms with Crippen molar-refractivity contribution >= 4 is 57.2 Å². The summed E-state index contributed by atoms with van der Waals surface area (Å²) >= 11 is 0. The van der Waals surface area contributed by atoms with E-state index >= 15 is 0 Å². The van der Waals surface area contributed by atoms with Crippen LogP contribution in [0.3, 0.4) is 0 Å². The summed E-state index contributed by atoms with van der Waals surface area (Å²) < 4.78 is 0. The van der Waals surface area contributed by atoms with Crippen LogP contribution in [-0.4, -0.2) is 6.71 Å². The van der Waals surface area contributed by atoms with E-state index in [-0.39, 0.29) is 28.4 Å². The van der Waals surface area contributed by atoms with Gasteiger partial charge >= 0.3 is 0 Å². The van der Waals surface area contributed by atoms with Crippen molar-refractivity contribution < 1.29 is 0 Å². The van der Waals surface area contributed by atoms with Crippen LogP contribution in [0.25, 0.3) is 22.3 Å². The maximum Gasteiger partial charge on any atom is 0.252 e. The summed E-state index contributed by atoms with van der Waals surface area (Å²) in [6.07, 6.45) is 2.28. The summed E-state index contributed by atoms with van der Waals surface area (Å²) in [4.78, 5) is 5.17. The molecule has 7 aromatic carbocycles. The molecule has 11 rings (SSSR count). The molecular weight excluding hydrogens is 711 g/mol. The van der Waals surface area contributed by atoms with Crippen LogP contribution in [0.2, 0.25) is 0 Å². The number of hydrogen-bond donors (Lipinski definition) is 0. The van der Waals surface area contributed by atoms with Crippen LogP contribution in [0.5, 0.6) is 0 Å². The Morgan fingerprint density at radius 2 is 0.831 bits per heavy atom. The summed E-state index contributed by atoms with van der Waals surface area (Å²) in [5.41, 5.74) is 22.9. The molecule has 2 aliphatic heterocycles. The third kappa shape index (κ3) is 5.39. The van der Waals surface area contributed by atoms with Crippen LogP contribution >= 0.6 is 0 Å². The van der Waals surface area contributed by atoms with Gasteiger partial charge in [0.25, 0.3) is 6.71 Å². The van der Waals surface area contributed by atoms with Gasteiger partial charge in [0.05, 0.1) is 0 Å². The van der Waals surface area contributed by atoms with Gasteiger partial charge in [0.1, 0.15) is 0 Å². The molecule has 0 saturated carbocycles. The van der Waals surface area contributed by atoms with Crippen molar-refractivity contribution in [1.82, 2.24) is 0 Å². The van der Waals surface area contributed by atoms with Crippen LogP contribution in [-0.2, 0) is 21.7 Å². The fourth-order valence-electron chi connectivity index (χ4n) is 12.3. The lowest BCUT2D eigenvalue weighted by Gasteiger charge is -2.45. The fraction of sp³-hybridized carbons (Fsp3) is 0.250. The van der Waals surface area contributed by atoms with E-state index in [9.17, 15) is 0 Å². The largest absolute Gasteiger partial charge is 0.311 e. The van der Waals surface area contributed by atoms with Crippen molar-refractivity contribution in [2.24, 2.45) is 0 Å². The van der Waals surface area contributed by atoms with Gasteiger partial charge in [-0.25, -0.2) is 0 Å². The zero-order valence-electron chi connectivity index (χ0n) is 35.8. The summed E-state index contributed by atoms with van der Waals surface area (Å²) in [5, 5.41) is 0. The Bertz CT molecular complexity index is 2830. The molecule has 0 radical (unpaired) electrons. The van der Waals surface area contributed by atoms with Crippen molar-refractivity contribution in [2.45, 2.75) is 89.9 Å². The zero-order chi connectivity index (χ0) is 40.6. The molecule has 0 N–H and O–H groups in total. The van der Waals surface area contributed by atoms with E-state index in [0.717, 1.165) is 12.8 Å². The molecule has 59 heavy (non-hydrogen) atoms. The Balaban J connectivity index is 1.20. The summed E-state index contributed by atoms with van der Waals surface area (Å²) in [6, 6.07) is 57.7. The quantitative estimate of drug-likeness (QED) is 0.165. The van der Waals surface area contributed by atoms with Crippen LogP contribution < -0.4 is 26.2 Å². The van der Waals surface area contributed by atoms with Gasteiger partial charge < -0.3 is 9.80 Å². The SMILES string of the molecule is CC1(C)CC(C)(C)c2cc(N3c4cc5c(cc4B4c6cc(-c7ccccc7)ccc6N(c6ccc(-c7ccccc7)cc6)c6cccc3c64)C(C)(C)CC5(C)C)ccc21. The minimum absolute atomic E-state index is 0.0561. The number of nitrogens with zero attached hydrogens (tertiary/aromatic N) is 2. The normalized spacial score (nSPS) is 18.1. The number of fused-ring (bicyclic) bond motifs is 6.